The van der Waals surface area contributed by atoms with Crippen molar-refractivity contribution in [2.24, 2.45) is 0 Å². The van der Waals surface area contributed by atoms with Crippen molar-refractivity contribution in [3.05, 3.63) is 133 Å². The van der Waals surface area contributed by atoms with E-state index in [1.54, 1.807) is 0 Å². The molecule has 0 atom stereocenters. The van der Waals surface area contributed by atoms with E-state index >= 15 is 0 Å². The fourth-order valence-corrected chi connectivity index (χ4v) is 3.96. The minimum Gasteiger partial charge on any atom is -0.512 e. The molecule has 0 aliphatic heterocycles. The first kappa shape index (κ1) is 27.6. The second-order valence-corrected chi connectivity index (χ2v) is 8.24. The van der Waals surface area contributed by atoms with Crippen molar-refractivity contribution in [1.82, 2.24) is 4.98 Å². The first-order chi connectivity index (χ1) is 17.5. The molecule has 5 aromatic rings. The Morgan fingerprint density at radius 2 is 1.41 bits per heavy atom. The molecule has 4 aromatic carbocycles. The third-order valence-corrected chi connectivity index (χ3v) is 5.41. The maximum Gasteiger partial charge on any atom is 0.155 e. The number of hydrogen-bond donors (Lipinski definition) is 1. The third kappa shape index (κ3) is 7.25. The van der Waals surface area contributed by atoms with Crippen molar-refractivity contribution in [1.29, 1.82) is 0 Å². The number of hydrogen-bond acceptors (Lipinski definition) is 4. The molecule has 1 N–H and O–H groups in total. The molecule has 4 nitrogen and oxygen atoms in total. The van der Waals surface area contributed by atoms with E-state index < -0.39 is 0 Å². The molecule has 0 amide bonds. The molecule has 0 saturated heterocycles. The van der Waals surface area contributed by atoms with E-state index in [0.29, 0.717) is 0 Å². The minimum absolute atomic E-state index is 0. The number of benzene rings is 4. The molecular formula is C32H27N2O2Pt-. The number of fused-ring (bicyclic) bond motifs is 1. The Labute approximate surface area is 232 Å². The number of aliphatic hydroxyl groups excluding tert-OH is 1. The van der Waals surface area contributed by atoms with Crippen LogP contribution in [0.4, 0.5) is 17.1 Å². The molecular weight excluding hydrogens is 639 g/mol. The van der Waals surface area contributed by atoms with Crippen LogP contribution in [0, 0.1) is 6.07 Å². The largest absolute Gasteiger partial charge is 0.512 e. The smallest absolute Gasteiger partial charge is 0.155 e. The average Bonchev–Trinajstić information content (AvgIpc) is 2.90. The number of anilines is 3. The van der Waals surface area contributed by atoms with E-state index in [-0.39, 0.29) is 32.6 Å². The number of carbonyl (C=O) groups is 1. The van der Waals surface area contributed by atoms with Crippen LogP contribution in [0.3, 0.4) is 0 Å². The van der Waals surface area contributed by atoms with Crippen LogP contribution >= 0.6 is 0 Å². The summed E-state index contributed by atoms with van der Waals surface area (Å²) in [5, 5.41) is 10.7. The van der Waals surface area contributed by atoms with Gasteiger partial charge in [-0.25, -0.2) is 0 Å². The monoisotopic (exact) mass is 666 g/mol. The third-order valence-electron chi connectivity index (χ3n) is 5.41. The Kier molecular flexibility index (Phi) is 9.94. The van der Waals surface area contributed by atoms with E-state index in [0.717, 1.165) is 33.7 Å². The molecule has 37 heavy (non-hydrogen) atoms. The van der Waals surface area contributed by atoms with Gasteiger partial charge < -0.3 is 15.0 Å². The molecule has 0 saturated carbocycles. The van der Waals surface area contributed by atoms with E-state index in [9.17, 15) is 4.79 Å². The second-order valence-electron chi connectivity index (χ2n) is 8.24. The fraction of sp³-hybridized carbons (Fsp3) is 0.0625. The van der Waals surface area contributed by atoms with Crippen molar-refractivity contribution in [2.45, 2.75) is 13.8 Å². The quantitative estimate of drug-likeness (QED) is 0.117. The van der Waals surface area contributed by atoms with Crippen LogP contribution in [0.1, 0.15) is 13.8 Å². The number of pyridine rings is 1. The Morgan fingerprint density at radius 3 is 1.97 bits per heavy atom. The molecule has 0 fully saturated rings. The maximum absolute atomic E-state index is 10.0. The van der Waals surface area contributed by atoms with Gasteiger partial charge in [-0.3, -0.25) is 4.79 Å². The van der Waals surface area contributed by atoms with Gasteiger partial charge in [0.1, 0.15) is 0 Å². The molecule has 1 aromatic heterocycles. The maximum atomic E-state index is 10.0. The fourth-order valence-electron chi connectivity index (χ4n) is 3.96. The van der Waals surface area contributed by atoms with Gasteiger partial charge in [0.15, 0.2) is 5.78 Å². The van der Waals surface area contributed by atoms with Gasteiger partial charge in [-0.2, -0.15) is 0 Å². The zero-order chi connectivity index (χ0) is 25.3. The van der Waals surface area contributed by atoms with Gasteiger partial charge in [0.25, 0.3) is 0 Å². The van der Waals surface area contributed by atoms with Crippen LogP contribution in [0.5, 0.6) is 0 Å². The number of allylic oxidation sites excluding steroid dienone is 2. The Morgan fingerprint density at radius 1 is 0.811 bits per heavy atom. The first-order valence-electron chi connectivity index (χ1n) is 11.7. The summed E-state index contributed by atoms with van der Waals surface area (Å²) in [6.07, 6.45) is 3.03. The van der Waals surface area contributed by atoms with Gasteiger partial charge in [-0.1, -0.05) is 60.7 Å². The van der Waals surface area contributed by atoms with Crippen LogP contribution in [0.15, 0.2) is 127 Å². The normalized spacial score (nSPS) is 10.6. The second kappa shape index (κ2) is 13.3. The van der Waals surface area contributed by atoms with Crippen LogP contribution in [-0.4, -0.2) is 15.9 Å². The molecule has 5 heteroatoms. The molecule has 1 heterocycles. The molecule has 0 aliphatic carbocycles. The number of aliphatic hydroxyl groups is 1. The van der Waals surface area contributed by atoms with Crippen LogP contribution < -0.4 is 4.90 Å². The molecule has 188 valence electrons. The molecule has 0 radical (unpaired) electrons. The van der Waals surface area contributed by atoms with Crippen LogP contribution in [0.2, 0.25) is 0 Å². The summed E-state index contributed by atoms with van der Waals surface area (Å²) in [6.45, 7) is 2.85. The number of nitrogens with zero attached hydrogens (tertiary/aromatic N) is 2. The summed E-state index contributed by atoms with van der Waals surface area (Å²) < 4.78 is 0. The molecule has 0 bridgehead atoms. The Balaban J connectivity index is 0.000000422. The van der Waals surface area contributed by atoms with Crippen molar-refractivity contribution in [3.8, 4) is 11.3 Å². The van der Waals surface area contributed by atoms with Crippen molar-refractivity contribution in [2.75, 3.05) is 4.90 Å². The topological polar surface area (TPSA) is 53.4 Å². The Bertz CT molecular complexity index is 1440. The molecule has 0 aliphatic rings. The van der Waals surface area contributed by atoms with Crippen molar-refractivity contribution in [3.63, 3.8) is 0 Å². The molecule has 5 rings (SSSR count). The molecule has 0 spiro atoms. The Hall–Kier alpha value is -4.01. The SMILES string of the molecule is CC(=O)/C=C(/C)O.[Pt].[c-]1ccc(N(c2ccccc2)c2ccccc2)cc1-c1nccc2ccccc12. The van der Waals surface area contributed by atoms with Crippen molar-refractivity contribution >= 4 is 33.6 Å². The van der Waals surface area contributed by atoms with E-state index in [1.807, 2.05) is 30.5 Å². The van der Waals surface area contributed by atoms with Crippen LogP contribution in [-0.2, 0) is 25.9 Å². The first-order valence-corrected chi connectivity index (χ1v) is 11.7. The van der Waals surface area contributed by atoms with Gasteiger partial charge in [0, 0.05) is 44.7 Å². The van der Waals surface area contributed by atoms with Crippen LogP contribution in [0.25, 0.3) is 22.0 Å². The van der Waals surface area contributed by atoms with E-state index in [2.05, 4.69) is 101 Å². The van der Waals surface area contributed by atoms with Gasteiger partial charge in [-0.15, -0.1) is 29.8 Å². The van der Waals surface area contributed by atoms with Gasteiger partial charge in [-0.05, 0) is 66.3 Å². The minimum atomic E-state index is -0.125. The predicted molar refractivity (Wildman–Crippen MR) is 148 cm³/mol. The number of aromatic nitrogens is 1. The summed E-state index contributed by atoms with van der Waals surface area (Å²) in [6, 6.07) is 40.8. The summed E-state index contributed by atoms with van der Waals surface area (Å²) in [7, 11) is 0. The summed E-state index contributed by atoms with van der Waals surface area (Å²) in [5.41, 5.74) is 5.23. The van der Waals surface area contributed by atoms with E-state index in [4.69, 9.17) is 5.11 Å². The summed E-state index contributed by atoms with van der Waals surface area (Å²) in [5.74, 6) is -0.0625. The summed E-state index contributed by atoms with van der Waals surface area (Å²) in [4.78, 5) is 16.9. The molecule has 0 unspecified atom stereocenters. The zero-order valence-electron chi connectivity index (χ0n) is 20.6. The number of carbonyl (C=O) groups excluding carboxylic acids is 1. The van der Waals surface area contributed by atoms with Gasteiger partial charge in [0.05, 0.1) is 5.76 Å². The number of ketones is 1. The predicted octanol–water partition coefficient (Wildman–Crippen LogP) is 8.21. The summed E-state index contributed by atoms with van der Waals surface area (Å²) >= 11 is 0. The van der Waals surface area contributed by atoms with Gasteiger partial charge in [0.2, 0.25) is 0 Å². The average molecular weight is 667 g/mol. The van der Waals surface area contributed by atoms with Gasteiger partial charge >= 0.3 is 0 Å². The number of rotatable bonds is 5. The number of para-hydroxylation sites is 2. The van der Waals surface area contributed by atoms with E-state index in [1.165, 1.54) is 25.3 Å². The zero-order valence-corrected chi connectivity index (χ0v) is 22.9. The standard InChI is InChI=1S/C27H19N2.C5H8O2.Pt/c1-3-12-23(13-4-1)29(24-14-5-2-6-15-24)25-16-9-11-22(20-25)27-26-17-8-7-10-21(26)18-19-28-27;1-4(6)3-5(2)7;/h1-10,12-20H;3,6H,1-2H3;/q-1;;/b;4-3-;. The van der Waals surface area contributed by atoms with Crippen molar-refractivity contribution < 1.29 is 31.0 Å².